The molecular weight excluding hydrogens is 394 g/mol. The molecule has 0 bridgehead atoms. The summed E-state index contributed by atoms with van der Waals surface area (Å²) in [5, 5.41) is 10.1. The minimum atomic E-state index is -0.598. The van der Waals surface area contributed by atoms with Crippen LogP contribution in [0.25, 0.3) is 0 Å². The number of nitrogens with zero attached hydrogens (tertiary/aromatic N) is 2. The molecule has 1 aromatic carbocycles. The summed E-state index contributed by atoms with van der Waals surface area (Å²) in [6.45, 7) is -0.229. The number of para-hydroxylation sites is 1. The molecule has 1 aliphatic heterocycles. The van der Waals surface area contributed by atoms with E-state index < -0.39 is 5.91 Å². The summed E-state index contributed by atoms with van der Waals surface area (Å²) in [4.78, 5) is 26.6. The molecule has 0 saturated carbocycles. The van der Waals surface area contributed by atoms with Gasteiger partial charge in [0.2, 0.25) is 0 Å². The second kappa shape index (κ2) is 7.95. The fraction of sp³-hybridized carbons (Fsp3) is 0.150. The number of carbonyl (C=O) groups is 2. The van der Waals surface area contributed by atoms with Gasteiger partial charge in [-0.2, -0.15) is 5.10 Å². The molecule has 0 spiro atoms. The molecule has 3 aromatic rings. The van der Waals surface area contributed by atoms with Crippen molar-refractivity contribution in [1.82, 2.24) is 5.01 Å². The fourth-order valence-electron chi connectivity index (χ4n) is 3.04. The minimum Gasteiger partial charge on any atom is -0.483 e. The molecule has 2 N–H and O–H groups in total. The van der Waals surface area contributed by atoms with Crippen molar-refractivity contribution in [3.05, 3.63) is 74.6 Å². The van der Waals surface area contributed by atoms with Crippen LogP contribution in [0, 0.1) is 0 Å². The van der Waals surface area contributed by atoms with Crippen molar-refractivity contribution in [2.45, 2.75) is 12.5 Å². The molecule has 2 amide bonds. The van der Waals surface area contributed by atoms with E-state index >= 15 is 0 Å². The second-order valence-corrected chi connectivity index (χ2v) is 8.07. The van der Waals surface area contributed by atoms with Gasteiger partial charge in [0.15, 0.2) is 6.61 Å². The molecule has 142 valence electrons. The highest BCUT2D eigenvalue weighted by molar-refractivity contribution is 7.12. The minimum absolute atomic E-state index is 0.153. The molecule has 0 unspecified atom stereocenters. The number of thiophene rings is 2. The van der Waals surface area contributed by atoms with Crippen molar-refractivity contribution in [1.29, 1.82) is 0 Å². The maximum absolute atomic E-state index is 12.9. The molecule has 28 heavy (non-hydrogen) atoms. The Labute approximate surface area is 169 Å². The lowest BCUT2D eigenvalue weighted by Gasteiger charge is -2.21. The molecule has 8 heteroatoms. The molecule has 6 nitrogen and oxygen atoms in total. The molecular formula is C20H17N3O3S2. The van der Waals surface area contributed by atoms with Crippen LogP contribution in [0.3, 0.4) is 0 Å². The lowest BCUT2D eigenvalue weighted by Crippen LogP contribution is -2.31. The highest BCUT2D eigenvalue weighted by Gasteiger charge is 2.34. The van der Waals surface area contributed by atoms with E-state index in [-0.39, 0.29) is 29.9 Å². The SMILES string of the molecule is NC(=O)c1ccccc1OCC(=O)N1N=C(c2cccs2)C[C@@H]1c1cccs1. The summed E-state index contributed by atoms with van der Waals surface area (Å²) >= 11 is 3.20. The maximum Gasteiger partial charge on any atom is 0.281 e. The lowest BCUT2D eigenvalue weighted by atomic mass is 10.1. The summed E-state index contributed by atoms with van der Waals surface area (Å²) in [5.74, 6) is -0.583. The van der Waals surface area contributed by atoms with Gasteiger partial charge in [-0.1, -0.05) is 24.3 Å². The van der Waals surface area contributed by atoms with Gasteiger partial charge in [0.1, 0.15) is 5.75 Å². The number of carbonyl (C=O) groups excluding carboxylic acids is 2. The number of hydrogen-bond donors (Lipinski definition) is 1. The number of ether oxygens (including phenoxy) is 1. The van der Waals surface area contributed by atoms with Crippen LogP contribution < -0.4 is 10.5 Å². The number of amides is 2. The highest BCUT2D eigenvalue weighted by atomic mass is 32.1. The first-order valence-electron chi connectivity index (χ1n) is 8.62. The van der Waals surface area contributed by atoms with Gasteiger partial charge in [-0.05, 0) is 35.0 Å². The highest BCUT2D eigenvalue weighted by Crippen LogP contribution is 2.36. The molecule has 0 radical (unpaired) electrons. The van der Waals surface area contributed by atoms with Gasteiger partial charge >= 0.3 is 0 Å². The molecule has 1 atom stereocenters. The maximum atomic E-state index is 12.9. The van der Waals surface area contributed by atoms with E-state index in [2.05, 4.69) is 5.10 Å². The van der Waals surface area contributed by atoms with E-state index in [9.17, 15) is 9.59 Å². The van der Waals surface area contributed by atoms with Gasteiger partial charge < -0.3 is 10.5 Å². The fourth-order valence-corrected chi connectivity index (χ4v) is 4.57. The standard InChI is InChI=1S/C20H17N3O3S2/c21-20(25)13-5-1-2-6-16(13)26-12-19(24)23-15(18-8-4-10-28-18)11-14(22-23)17-7-3-9-27-17/h1-10,15H,11-12H2,(H2,21,25)/t15-/m1/s1. The Kier molecular flexibility index (Phi) is 5.23. The average molecular weight is 412 g/mol. The Bertz CT molecular complexity index is 1010. The van der Waals surface area contributed by atoms with E-state index in [0.717, 1.165) is 15.5 Å². The predicted octanol–water partition coefficient (Wildman–Crippen LogP) is 3.67. The van der Waals surface area contributed by atoms with Crippen molar-refractivity contribution in [2.75, 3.05) is 6.61 Å². The summed E-state index contributed by atoms with van der Waals surface area (Å²) in [6, 6.07) is 14.4. The zero-order valence-electron chi connectivity index (χ0n) is 14.8. The van der Waals surface area contributed by atoms with Crippen LogP contribution in [0.1, 0.15) is 32.6 Å². The number of hydrogen-bond acceptors (Lipinski definition) is 6. The number of hydrazone groups is 1. The number of benzene rings is 1. The van der Waals surface area contributed by atoms with E-state index in [1.54, 1.807) is 46.9 Å². The quantitative estimate of drug-likeness (QED) is 0.672. The topological polar surface area (TPSA) is 85.0 Å². The summed E-state index contributed by atoms with van der Waals surface area (Å²) in [6.07, 6.45) is 0.657. The van der Waals surface area contributed by atoms with Gasteiger partial charge in [-0.25, -0.2) is 5.01 Å². The summed E-state index contributed by atoms with van der Waals surface area (Å²) in [5.41, 5.74) is 6.50. The van der Waals surface area contributed by atoms with Gasteiger partial charge in [0.05, 0.1) is 22.2 Å². The van der Waals surface area contributed by atoms with Crippen molar-refractivity contribution in [3.63, 3.8) is 0 Å². The monoisotopic (exact) mass is 411 g/mol. The van der Waals surface area contributed by atoms with E-state index in [1.807, 2.05) is 35.0 Å². The molecule has 4 rings (SSSR count). The molecule has 0 saturated heterocycles. The molecule has 0 aliphatic carbocycles. The average Bonchev–Trinajstić information content (AvgIpc) is 3.46. The van der Waals surface area contributed by atoms with E-state index in [4.69, 9.17) is 10.5 Å². The zero-order chi connectivity index (χ0) is 19.5. The van der Waals surface area contributed by atoms with Crippen LogP contribution in [0.4, 0.5) is 0 Å². The van der Waals surface area contributed by atoms with Crippen LogP contribution in [0.2, 0.25) is 0 Å². The Balaban J connectivity index is 1.55. The van der Waals surface area contributed by atoms with E-state index in [0.29, 0.717) is 6.42 Å². The van der Waals surface area contributed by atoms with Gasteiger partial charge in [-0.3, -0.25) is 9.59 Å². The Morgan fingerprint density at radius 3 is 2.61 bits per heavy atom. The number of rotatable bonds is 6. The Morgan fingerprint density at radius 1 is 1.11 bits per heavy atom. The van der Waals surface area contributed by atoms with Crippen molar-refractivity contribution in [3.8, 4) is 5.75 Å². The summed E-state index contributed by atoms with van der Waals surface area (Å²) < 4.78 is 5.61. The van der Waals surface area contributed by atoms with Crippen LogP contribution in [-0.2, 0) is 4.79 Å². The first-order valence-corrected chi connectivity index (χ1v) is 10.4. The van der Waals surface area contributed by atoms with Crippen LogP contribution in [-0.4, -0.2) is 29.1 Å². The normalized spacial score (nSPS) is 16.1. The molecule has 1 aliphatic rings. The van der Waals surface area contributed by atoms with Crippen LogP contribution >= 0.6 is 22.7 Å². The third kappa shape index (κ3) is 3.69. The van der Waals surface area contributed by atoms with Crippen molar-refractivity contribution in [2.24, 2.45) is 10.8 Å². The predicted molar refractivity (Wildman–Crippen MR) is 110 cm³/mol. The first-order chi connectivity index (χ1) is 13.6. The van der Waals surface area contributed by atoms with Gasteiger partial charge in [-0.15, -0.1) is 22.7 Å². The lowest BCUT2D eigenvalue weighted by molar-refractivity contribution is -0.135. The largest absolute Gasteiger partial charge is 0.483 e. The summed E-state index contributed by atoms with van der Waals surface area (Å²) in [7, 11) is 0. The van der Waals surface area contributed by atoms with E-state index in [1.165, 1.54) is 5.01 Å². The van der Waals surface area contributed by atoms with Crippen LogP contribution in [0.15, 0.2) is 64.4 Å². The number of nitrogens with two attached hydrogens (primary N) is 1. The molecule has 0 fully saturated rings. The zero-order valence-corrected chi connectivity index (χ0v) is 16.4. The third-order valence-electron chi connectivity index (χ3n) is 4.35. The second-order valence-electron chi connectivity index (χ2n) is 6.15. The number of primary amides is 1. The van der Waals surface area contributed by atoms with Crippen molar-refractivity contribution >= 4 is 40.2 Å². The third-order valence-corrected chi connectivity index (χ3v) is 6.24. The molecule has 2 aromatic heterocycles. The van der Waals surface area contributed by atoms with Crippen LogP contribution in [0.5, 0.6) is 5.75 Å². The van der Waals surface area contributed by atoms with Crippen molar-refractivity contribution < 1.29 is 14.3 Å². The molecule has 3 heterocycles. The smallest absolute Gasteiger partial charge is 0.281 e. The Morgan fingerprint density at radius 2 is 1.89 bits per heavy atom. The van der Waals surface area contributed by atoms with Gasteiger partial charge in [0, 0.05) is 11.3 Å². The first kappa shape index (κ1) is 18.4. The van der Waals surface area contributed by atoms with Gasteiger partial charge in [0.25, 0.3) is 11.8 Å². The Hall–Kier alpha value is -2.97.